The second-order valence-corrected chi connectivity index (χ2v) is 9.18. The van der Waals surface area contributed by atoms with Crippen LogP contribution in [0.25, 0.3) is 0 Å². The predicted molar refractivity (Wildman–Crippen MR) is 125 cm³/mol. The zero-order valence-corrected chi connectivity index (χ0v) is 19.3. The highest BCUT2D eigenvalue weighted by Crippen LogP contribution is 2.29. The lowest BCUT2D eigenvalue weighted by Gasteiger charge is -2.25. The monoisotopic (exact) mass is 453 g/mol. The molecule has 0 saturated carbocycles. The third-order valence-corrected chi connectivity index (χ3v) is 6.70. The van der Waals surface area contributed by atoms with Crippen LogP contribution in [0.5, 0.6) is 11.5 Å². The van der Waals surface area contributed by atoms with E-state index in [1.165, 1.54) is 12.1 Å². The van der Waals surface area contributed by atoms with Crippen LogP contribution in [0.1, 0.15) is 24.0 Å². The summed E-state index contributed by atoms with van der Waals surface area (Å²) in [5.41, 5.74) is 1.95. The summed E-state index contributed by atoms with van der Waals surface area (Å²) in [5.74, 6) is 0.880. The van der Waals surface area contributed by atoms with E-state index in [1.807, 2.05) is 19.1 Å². The number of rotatable bonds is 9. The van der Waals surface area contributed by atoms with E-state index in [2.05, 4.69) is 0 Å². The number of amides is 1. The Morgan fingerprint density at radius 1 is 0.906 bits per heavy atom. The smallest absolute Gasteiger partial charge is 0.270 e. The van der Waals surface area contributed by atoms with E-state index in [0.717, 1.165) is 15.6 Å². The minimum atomic E-state index is -4.06. The molecular weight excluding hydrogens is 426 g/mol. The van der Waals surface area contributed by atoms with E-state index in [-0.39, 0.29) is 17.9 Å². The third-order valence-electron chi connectivity index (χ3n) is 4.95. The van der Waals surface area contributed by atoms with E-state index in [1.54, 1.807) is 62.6 Å². The zero-order chi connectivity index (χ0) is 23.1. The van der Waals surface area contributed by atoms with Crippen molar-refractivity contribution in [3.63, 3.8) is 0 Å². The molecule has 3 aromatic carbocycles. The highest BCUT2D eigenvalue weighted by Gasteiger charge is 2.31. The molecule has 6 nitrogen and oxygen atoms in total. The number of nitrogens with zero attached hydrogens (tertiary/aromatic N) is 1. The number of ether oxygens (including phenoxy) is 2. The maximum Gasteiger partial charge on any atom is 0.270 e. The molecule has 0 bridgehead atoms. The van der Waals surface area contributed by atoms with Gasteiger partial charge in [0, 0.05) is 6.42 Å². The van der Waals surface area contributed by atoms with Gasteiger partial charge in [0.1, 0.15) is 11.5 Å². The Bertz CT molecular complexity index is 1160. The van der Waals surface area contributed by atoms with E-state index < -0.39 is 15.9 Å². The van der Waals surface area contributed by atoms with Gasteiger partial charge in [0.2, 0.25) is 5.91 Å². The summed E-state index contributed by atoms with van der Waals surface area (Å²) >= 11 is 0. The largest absolute Gasteiger partial charge is 0.497 e. The number of aryl methyl sites for hydroxylation is 2. The molecule has 0 radical (unpaired) electrons. The number of anilines is 1. The Hall–Kier alpha value is -3.32. The summed E-state index contributed by atoms with van der Waals surface area (Å²) in [5, 5.41) is 0. The van der Waals surface area contributed by atoms with Gasteiger partial charge < -0.3 is 9.47 Å². The van der Waals surface area contributed by atoms with E-state index in [4.69, 9.17) is 9.47 Å². The minimum absolute atomic E-state index is 0.0234. The summed E-state index contributed by atoms with van der Waals surface area (Å²) in [6, 6.07) is 20.6. The maximum absolute atomic E-state index is 13.4. The lowest BCUT2D eigenvalue weighted by molar-refractivity contribution is -0.117. The number of carbonyl (C=O) groups excluding carboxylic acids is 1. The van der Waals surface area contributed by atoms with Gasteiger partial charge in [-0.3, -0.25) is 4.79 Å². The molecule has 0 spiro atoms. The van der Waals surface area contributed by atoms with Crippen LogP contribution >= 0.6 is 0 Å². The highest BCUT2D eigenvalue weighted by molar-refractivity contribution is 7.93. The third kappa shape index (κ3) is 5.48. The first-order chi connectivity index (χ1) is 15.3. The van der Waals surface area contributed by atoms with E-state index in [9.17, 15) is 13.2 Å². The van der Waals surface area contributed by atoms with Crippen molar-refractivity contribution in [2.45, 2.75) is 31.6 Å². The van der Waals surface area contributed by atoms with Gasteiger partial charge in [-0.05, 0) is 73.9 Å². The van der Waals surface area contributed by atoms with Crippen LogP contribution in [0.3, 0.4) is 0 Å². The molecule has 32 heavy (non-hydrogen) atoms. The SMILES string of the molecule is COc1ccc(OCCCC(=O)N(c2cc(C)ccc2C)S(=O)(=O)c2ccccc2)cc1. The van der Waals surface area contributed by atoms with Gasteiger partial charge in [0.15, 0.2) is 0 Å². The van der Waals surface area contributed by atoms with Gasteiger partial charge in [-0.25, -0.2) is 12.7 Å². The summed E-state index contributed by atoms with van der Waals surface area (Å²) in [7, 11) is -2.47. The van der Waals surface area contributed by atoms with Crippen LogP contribution in [0, 0.1) is 13.8 Å². The predicted octanol–water partition coefficient (Wildman–Crippen LogP) is 4.89. The summed E-state index contributed by atoms with van der Waals surface area (Å²) in [4.78, 5) is 13.3. The molecule has 3 rings (SSSR count). The van der Waals surface area contributed by atoms with Gasteiger partial charge in [0.25, 0.3) is 10.0 Å². The van der Waals surface area contributed by atoms with Gasteiger partial charge in [-0.2, -0.15) is 0 Å². The van der Waals surface area contributed by atoms with Crippen molar-refractivity contribution >= 4 is 21.6 Å². The van der Waals surface area contributed by atoms with Crippen molar-refractivity contribution in [1.82, 2.24) is 0 Å². The molecule has 7 heteroatoms. The van der Waals surface area contributed by atoms with E-state index in [0.29, 0.717) is 23.4 Å². The molecule has 0 fully saturated rings. The highest BCUT2D eigenvalue weighted by atomic mass is 32.2. The quantitative estimate of drug-likeness (QED) is 0.431. The van der Waals surface area contributed by atoms with Gasteiger partial charge in [-0.15, -0.1) is 0 Å². The molecule has 3 aromatic rings. The van der Waals surface area contributed by atoms with Crippen LogP contribution in [-0.2, 0) is 14.8 Å². The number of hydrogen-bond acceptors (Lipinski definition) is 5. The number of sulfonamides is 1. The Kier molecular flexibility index (Phi) is 7.53. The first-order valence-corrected chi connectivity index (χ1v) is 11.7. The second-order valence-electron chi connectivity index (χ2n) is 7.39. The van der Waals surface area contributed by atoms with Crippen molar-refractivity contribution in [2.24, 2.45) is 0 Å². The molecule has 1 amide bonds. The molecule has 0 aliphatic rings. The fraction of sp³-hybridized carbons (Fsp3) is 0.240. The second kappa shape index (κ2) is 10.3. The number of benzene rings is 3. The maximum atomic E-state index is 13.4. The van der Waals surface area contributed by atoms with Crippen molar-refractivity contribution < 1.29 is 22.7 Å². The minimum Gasteiger partial charge on any atom is -0.497 e. The summed E-state index contributed by atoms with van der Waals surface area (Å²) in [6.07, 6.45) is 0.395. The number of carbonyl (C=O) groups is 1. The number of hydrogen-bond donors (Lipinski definition) is 0. The zero-order valence-electron chi connectivity index (χ0n) is 18.4. The van der Waals surface area contributed by atoms with Crippen LogP contribution in [0.15, 0.2) is 77.7 Å². The number of methoxy groups -OCH3 is 1. The molecular formula is C25H27NO5S. The Labute approximate surface area is 189 Å². The Morgan fingerprint density at radius 3 is 2.22 bits per heavy atom. The molecule has 0 aliphatic heterocycles. The van der Waals surface area contributed by atoms with Crippen molar-refractivity contribution in [2.75, 3.05) is 18.0 Å². The Morgan fingerprint density at radius 2 is 1.56 bits per heavy atom. The molecule has 0 aromatic heterocycles. The van der Waals surface area contributed by atoms with Gasteiger partial charge >= 0.3 is 0 Å². The molecule has 0 heterocycles. The molecule has 0 atom stereocenters. The molecule has 0 saturated heterocycles. The average Bonchev–Trinajstić information content (AvgIpc) is 2.80. The van der Waals surface area contributed by atoms with Gasteiger partial charge in [0.05, 0.1) is 24.3 Å². The standard InChI is InChI=1S/C25H27NO5S/c1-19-11-12-20(2)24(18-19)26(32(28,29)23-8-5-4-6-9-23)25(27)10-7-17-31-22-15-13-21(30-3)14-16-22/h4-6,8-9,11-16,18H,7,10,17H2,1-3H3. The van der Waals surface area contributed by atoms with Gasteiger partial charge in [-0.1, -0.05) is 30.3 Å². The van der Waals surface area contributed by atoms with Crippen molar-refractivity contribution in [3.05, 3.63) is 83.9 Å². The first-order valence-electron chi connectivity index (χ1n) is 10.3. The van der Waals surface area contributed by atoms with Crippen molar-refractivity contribution in [1.29, 1.82) is 0 Å². The summed E-state index contributed by atoms with van der Waals surface area (Å²) < 4.78 is 38.6. The lowest BCUT2D eigenvalue weighted by Crippen LogP contribution is -2.37. The van der Waals surface area contributed by atoms with Crippen LogP contribution in [0.2, 0.25) is 0 Å². The van der Waals surface area contributed by atoms with Crippen LogP contribution in [0.4, 0.5) is 5.69 Å². The lowest BCUT2D eigenvalue weighted by atomic mass is 10.1. The van der Waals surface area contributed by atoms with Crippen molar-refractivity contribution in [3.8, 4) is 11.5 Å². The molecule has 0 unspecified atom stereocenters. The van der Waals surface area contributed by atoms with Crippen LogP contribution in [-0.4, -0.2) is 28.0 Å². The molecule has 0 N–H and O–H groups in total. The van der Waals surface area contributed by atoms with E-state index >= 15 is 0 Å². The fourth-order valence-electron chi connectivity index (χ4n) is 3.22. The van der Waals surface area contributed by atoms with Crippen LogP contribution < -0.4 is 13.8 Å². The fourth-order valence-corrected chi connectivity index (χ4v) is 4.75. The summed E-state index contributed by atoms with van der Waals surface area (Å²) in [6.45, 7) is 3.94. The topological polar surface area (TPSA) is 72.9 Å². The normalized spacial score (nSPS) is 11.1. The molecule has 0 aliphatic carbocycles. The average molecular weight is 454 g/mol. The Balaban J connectivity index is 1.78. The molecule has 168 valence electrons. The first kappa shape index (κ1) is 23.3.